The van der Waals surface area contributed by atoms with Crippen LogP contribution in [0.15, 0.2) is 12.4 Å². The summed E-state index contributed by atoms with van der Waals surface area (Å²) < 4.78 is 5.55. The van der Waals surface area contributed by atoms with Crippen LogP contribution in [0.1, 0.15) is 27.2 Å². The fraction of sp³-hybridized carbons (Fsp3) is 0.692. The molecule has 18 heavy (non-hydrogen) atoms. The highest BCUT2D eigenvalue weighted by molar-refractivity contribution is 5.41. The third kappa shape index (κ3) is 3.32. The van der Waals surface area contributed by atoms with Crippen molar-refractivity contribution in [1.29, 1.82) is 0 Å². The zero-order valence-electron chi connectivity index (χ0n) is 11.4. The van der Waals surface area contributed by atoms with E-state index in [0.717, 1.165) is 25.3 Å². The van der Waals surface area contributed by atoms with Gasteiger partial charge in [0.25, 0.3) is 0 Å². The van der Waals surface area contributed by atoms with Gasteiger partial charge in [0.15, 0.2) is 0 Å². The van der Waals surface area contributed by atoms with E-state index in [-0.39, 0.29) is 0 Å². The Morgan fingerprint density at radius 3 is 2.72 bits per heavy atom. The number of aromatic nitrogens is 2. The molecule has 1 aliphatic rings. The van der Waals surface area contributed by atoms with Crippen LogP contribution in [-0.4, -0.2) is 41.7 Å². The molecule has 0 amide bonds. The first kappa shape index (κ1) is 13.1. The normalized spacial score (nSPS) is 24.1. The quantitative estimate of drug-likeness (QED) is 0.876. The average molecular weight is 250 g/mol. The van der Waals surface area contributed by atoms with E-state index in [0.29, 0.717) is 24.6 Å². The highest BCUT2D eigenvalue weighted by Crippen LogP contribution is 2.18. The number of nitrogens with zero attached hydrogens (tertiary/aromatic N) is 3. The molecule has 1 saturated heterocycles. The van der Waals surface area contributed by atoms with Crippen molar-refractivity contribution in [1.82, 2.24) is 15.3 Å². The SMILES string of the molecule is CCCOc1cc(N2CC(C)NC(C)C2)ncn1. The zero-order valence-corrected chi connectivity index (χ0v) is 11.4. The molecule has 1 aliphatic heterocycles. The molecule has 0 radical (unpaired) electrons. The summed E-state index contributed by atoms with van der Waals surface area (Å²) in [6.07, 6.45) is 2.57. The van der Waals surface area contributed by atoms with Gasteiger partial charge in [-0.2, -0.15) is 0 Å². The van der Waals surface area contributed by atoms with Crippen LogP contribution in [0.5, 0.6) is 5.88 Å². The van der Waals surface area contributed by atoms with Gasteiger partial charge in [0.2, 0.25) is 5.88 Å². The Bertz CT molecular complexity index is 375. The number of hydrogen-bond acceptors (Lipinski definition) is 5. The largest absolute Gasteiger partial charge is 0.478 e. The van der Waals surface area contributed by atoms with Crippen molar-refractivity contribution in [2.24, 2.45) is 0 Å². The molecule has 2 unspecified atom stereocenters. The van der Waals surface area contributed by atoms with E-state index >= 15 is 0 Å². The van der Waals surface area contributed by atoms with E-state index in [9.17, 15) is 0 Å². The van der Waals surface area contributed by atoms with Crippen molar-refractivity contribution in [2.75, 3.05) is 24.6 Å². The van der Waals surface area contributed by atoms with Gasteiger partial charge in [0, 0.05) is 31.2 Å². The van der Waals surface area contributed by atoms with E-state index in [1.807, 2.05) is 6.07 Å². The van der Waals surface area contributed by atoms with Crippen molar-refractivity contribution < 1.29 is 4.74 Å². The maximum Gasteiger partial charge on any atom is 0.218 e. The summed E-state index contributed by atoms with van der Waals surface area (Å²) in [5.74, 6) is 1.62. The minimum absolute atomic E-state index is 0.476. The molecular weight excluding hydrogens is 228 g/mol. The van der Waals surface area contributed by atoms with Crippen molar-refractivity contribution in [2.45, 2.75) is 39.3 Å². The van der Waals surface area contributed by atoms with Gasteiger partial charge in [-0.3, -0.25) is 0 Å². The van der Waals surface area contributed by atoms with Crippen LogP contribution in [-0.2, 0) is 0 Å². The molecule has 1 N–H and O–H groups in total. The van der Waals surface area contributed by atoms with E-state index < -0.39 is 0 Å². The number of ether oxygens (including phenoxy) is 1. The molecule has 0 saturated carbocycles. The van der Waals surface area contributed by atoms with Crippen LogP contribution in [0, 0.1) is 0 Å². The Morgan fingerprint density at radius 1 is 1.33 bits per heavy atom. The Kier molecular flexibility index (Phi) is 4.36. The third-order valence-electron chi connectivity index (χ3n) is 2.96. The first-order valence-electron chi connectivity index (χ1n) is 6.65. The molecule has 0 spiro atoms. The lowest BCUT2D eigenvalue weighted by Gasteiger charge is -2.36. The second kappa shape index (κ2) is 6.00. The van der Waals surface area contributed by atoms with Crippen LogP contribution in [0.4, 0.5) is 5.82 Å². The maximum atomic E-state index is 5.55. The van der Waals surface area contributed by atoms with Crippen LogP contribution in [0.3, 0.4) is 0 Å². The average Bonchev–Trinajstić information content (AvgIpc) is 2.35. The molecule has 100 valence electrons. The number of rotatable bonds is 4. The van der Waals surface area contributed by atoms with Crippen LogP contribution < -0.4 is 15.0 Å². The van der Waals surface area contributed by atoms with Gasteiger partial charge >= 0.3 is 0 Å². The Labute approximate surface area is 109 Å². The number of hydrogen-bond donors (Lipinski definition) is 1. The molecule has 5 nitrogen and oxygen atoms in total. The van der Waals surface area contributed by atoms with Gasteiger partial charge in [0.1, 0.15) is 12.1 Å². The van der Waals surface area contributed by atoms with Crippen molar-refractivity contribution in [3.63, 3.8) is 0 Å². The molecule has 0 aliphatic carbocycles. The van der Waals surface area contributed by atoms with Crippen molar-refractivity contribution >= 4 is 5.82 Å². The lowest BCUT2D eigenvalue weighted by atomic mass is 10.1. The molecule has 1 aromatic rings. The number of nitrogens with one attached hydrogen (secondary N) is 1. The number of piperazine rings is 1. The fourth-order valence-corrected chi connectivity index (χ4v) is 2.30. The third-order valence-corrected chi connectivity index (χ3v) is 2.96. The van der Waals surface area contributed by atoms with Crippen molar-refractivity contribution in [3.8, 4) is 5.88 Å². The van der Waals surface area contributed by atoms with Crippen LogP contribution in [0.25, 0.3) is 0 Å². The minimum Gasteiger partial charge on any atom is -0.478 e. The summed E-state index contributed by atoms with van der Waals surface area (Å²) in [7, 11) is 0. The molecule has 1 aromatic heterocycles. The van der Waals surface area contributed by atoms with Gasteiger partial charge in [0.05, 0.1) is 6.61 Å². The first-order valence-corrected chi connectivity index (χ1v) is 6.65. The first-order chi connectivity index (χ1) is 8.69. The molecular formula is C13H22N4O. The highest BCUT2D eigenvalue weighted by Gasteiger charge is 2.22. The van der Waals surface area contributed by atoms with Crippen LogP contribution >= 0.6 is 0 Å². The summed E-state index contributed by atoms with van der Waals surface area (Å²) in [5, 5.41) is 3.51. The standard InChI is InChI=1S/C13H22N4O/c1-4-5-18-13-6-12(14-9-15-13)17-7-10(2)16-11(3)8-17/h6,9-11,16H,4-5,7-8H2,1-3H3. The van der Waals surface area contributed by atoms with E-state index in [1.165, 1.54) is 0 Å². The summed E-state index contributed by atoms with van der Waals surface area (Å²) in [4.78, 5) is 10.8. The van der Waals surface area contributed by atoms with Gasteiger partial charge in [-0.05, 0) is 20.3 Å². The van der Waals surface area contributed by atoms with Gasteiger partial charge in [-0.1, -0.05) is 6.92 Å². The monoisotopic (exact) mass is 250 g/mol. The Hall–Kier alpha value is -1.36. The Balaban J connectivity index is 2.07. The fourth-order valence-electron chi connectivity index (χ4n) is 2.30. The Morgan fingerprint density at radius 2 is 2.06 bits per heavy atom. The molecule has 2 atom stereocenters. The van der Waals surface area contributed by atoms with Crippen molar-refractivity contribution in [3.05, 3.63) is 12.4 Å². The molecule has 5 heteroatoms. The predicted octanol–water partition coefficient (Wildman–Crippen LogP) is 1.45. The summed E-state index contributed by atoms with van der Waals surface area (Å²) in [6.45, 7) is 9.10. The van der Waals surface area contributed by atoms with Gasteiger partial charge in [-0.15, -0.1) is 0 Å². The molecule has 1 fully saturated rings. The maximum absolute atomic E-state index is 5.55. The van der Waals surface area contributed by atoms with E-state index in [4.69, 9.17) is 4.74 Å². The van der Waals surface area contributed by atoms with Crippen LogP contribution in [0.2, 0.25) is 0 Å². The highest BCUT2D eigenvalue weighted by atomic mass is 16.5. The molecule has 2 rings (SSSR count). The molecule has 0 bridgehead atoms. The molecule has 0 aromatic carbocycles. The van der Waals surface area contributed by atoms with Gasteiger partial charge < -0.3 is 15.0 Å². The van der Waals surface area contributed by atoms with E-state index in [2.05, 4.69) is 41.0 Å². The van der Waals surface area contributed by atoms with Gasteiger partial charge in [-0.25, -0.2) is 9.97 Å². The lowest BCUT2D eigenvalue weighted by Crippen LogP contribution is -2.54. The minimum atomic E-state index is 0.476. The predicted molar refractivity (Wildman–Crippen MR) is 72.1 cm³/mol. The number of anilines is 1. The zero-order chi connectivity index (χ0) is 13.0. The van der Waals surface area contributed by atoms with E-state index in [1.54, 1.807) is 6.33 Å². The smallest absolute Gasteiger partial charge is 0.218 e. The second-order valence-electron chi connectivity index (χ2n) is 4.94. The summed E-state index contributed by atoms with van der Waals surface area (Å²) >= 11 is 0. The lowest BCUT2D eigenvalue weighted by molar-refractivity contribution is 0.304. The molecule has 2 heterocycles. The second-order valence-corrected chi connectivity index (χ2v) is 4.94. The summed E-state index contributed by atoms with van der Waals surface area (Å²) in [6, 6.07) is 2.88. The topological polar surface area (TPSA) is 50.3 Å². The summed E-state index contributed by atoms with van der Waals surface area (Å²) in [5.41, 5.74) is 0.